The van der Waals surface area contributed by atoms with Crippen molar-refractivity contribution in [3.05, 3.63) is 35.6 Å². The van der Waals surface area contributed by atoms with Crippen LogP contribution in [0.25, 0.3) is 0 Å². The van der Waals surface area contributed by atoms with E-state index in [1.807, 2.05) is 0 Å². The maximum Gasteiger partial charge on any atom is 0.573 e. The predicted octanol–water partition coefficient (Wildman–Crippen LogP) is 2.54. The van der Waals surface area contributed by atoms with Gasteiger partial charge >= 0.3 is 18.3 Å². The average Bonchev–Trinajstić information content (AvgIpc) is 2.71. The van der Waals surface area contributed by atoms with E-state index in [-0.39, 0.29) is 11.5 Å². The normalized spacial score (nSPS) is 18.7. The lowest BCUT2D eigenvalue weighted by molar-refractivity contribution is -0.408. The van der Waals surface area contributed by atoms with Crippen LogP contribution in [-0.2, 0) is 14.3 Å². The molecule has 2 heterocycles. The Balaban J connectivity index is 1.75. The second-order valence-corrected chi connectivity index (χ2v) is 6.92. The number of halogens is 3. The van der Waals surface area contributed by atoms with E-state index in [9.17, 15) is 27.6 Å². The summed E-state index contributed by atoms with van der Waals surface area (Å²) in [5.41, 5.74) is 0.789. The summed E-state index contributed by atoms with van der Waals surface area (Å²) in [4.78, 5) is 43.2. The molecular weight excluding hydrogens is 433 g/mol. The van der Waals surface area contributed by atoms with Crippen molar-refractivity contribution in [1.82, 2.24) is 4.90 Å². The number of amidine groups is 1. The van der Waals surface area contributed by atoms with Crippen LogP contribution >= 0.6 is 0 Å². The van der Waals surface area contributed by atoms with E-state index in [1.54, 1.807) is 13.8 Å². The van der Waals surface area contributed by atoms with E-state index >= 15 is 0 Å². The van der Waals surface area contributed by atoms with Crippen molar-refractivity contribution in [2.75, 3.05) is 25.5 Å². The van der Waals surface area contributed by atoms with Gasteiger partial charge in [-0.1, -0.05) is 0 Å². The molecule has 1 unspecified atom stereocenters. The molecule has 0 radical (unpaired) electrons. The quantitative estimate of drug-likeness (QED) is 0.668. The largest absolute Gasteiger partial charge is 0.573 e. The lowest BCUT2D eigenvalue weighted by Gasteiger charge is -2.29. The number of benzene rings is 1. The highest BCUT2D eigenvalue weighted by atomic mass is 19.4. The third kappa shape index (κ3) is 4.79. The van der Waals surface area contributed by atoms with Crippen molar-refractivity contribution in [2.45, 2.75) is 20.2 Å². The first-order chi connectivity index (χ1) is 15.0. The minimum Gasteiger partial charge on any atom is -0.496 e. The van der Waals surface area contributed by atoms with Gasteiger partial charge < -0.3 is 14.8 Å². The SMILES string of the molecule is CCOC1=C(C)C=NC2=[N+](C)C(=O)N(CC(=O)Nc3ccc(OC(F)(F)F)cc3)C(=O)C12. The molecule has 170 valence electrons. The number of carbonyl (C=O) groups is 3. The molecule has 1 atom stereocenters. The lowest BCUT2D eigenvalue weighted by Crippen LogP contribution is -2.56. The molecular formula is C20H20F3N4O5+. The molecule has 1 N–H and O–H groups in total. The fourth-order valence-electron chi connectivity index (χ4n) is 3.26. The van der Waals surface area contributed by atoms with Gasteiger partial charge in [0.15, 0.2) is 12.5 Å². The van der Waals surface area contributed by atoms with E-state index in [4.69, 9.17) is 4.74 Å². The lowest BCUT2D eigenvalue weighted by atomic mass is 9.96. The molecule has 12 heteroatoms. The van der Waals surface area contributed by atoms with Gasteiger partial charge in [0.2, 0.25) is 0 Å². The number of anilines is 1. The van der Waals surface area contributed by atoms with E-state index < -0.39 is 42.4 Å². The third-order valence-electron chi connectivity index (χ3n) is 4.65. The Kier molecular flexibility index (Phi) is 6.32. The first-order valence-corrected chi connectivity index (χ1v) is 9.51. The van der Waals surface area contributed by atoms with Gasteiger partial charge in [0.25, 0.3) is 11.7 Å². The number of aliphatic imine (C=N–C) groups is 1. The molecule has 4 amide bonds. The number of dihydropyridines is 1. The Bertz CT molecular complexity index is 1040. The van der Waals surface area contributed by atoms with Crippen LogP contribution in [0.5, 0.6) is 5.75 Å². The number of ether oxygens (including phenoxy) is 2. The minimum absolute atomic E-state index is 0.162. The van der Waals surface area contributed by atoms with Crippen LogP contribution in [0.3, 0.4) is 0 Å². The first kappa shape index (κ1) is 23.0. The summed E-state index contributed by atoms with van der Waals surface area (Å²) < 4.78 is 47.3. The molecule has 0 saturated heterocycles. The number of alkyl halides is 3. The molecule has 0 aromatic heterocycles. The molecule has 32 heavy (non-hydrogen) atoms. The molecule has 2 aliphatic rings. The van der Waals surface area contributed by atoms with E-state index in [0.717, 1.165) is 17.0 Å². The summed E-state index contributed by atoms with van der Waals surface area (Å²) in [5.74, 6) is -2.24. The summed E-state index contributed by atoms with van der Waals surface area (Å²) in [6, 6.07) is 3.71. The molecule has 0 fully saturated rings. The van der Waals surface area contributed by atoms with Crippen molar-refractivity contribution in [3.8, 4) is 5.75 Å². The highest BCUT2D eigenvalue weighted by Crippen LogP contribution is 2.28. The molecule has 0 aliphatic carbocycles. The van der Waals surface area contributed by atoms with Gasteiger partial charge in [-0.3, -0.25) is 9.59 Å². The van der Waals surface area contributed by atoms with Crippen LogP contribution in [-0.4, -0.2) is 65.9 Å². The Hall–Kier alpha value is -3.70. The molecule has 0 spiro atoms. The molecule has 0 saturated carbocycles. The van der Waals surface area contributed by atoms with Crippen molar-refractivity contribution in [2.24, 2.45) is 10.9 Å². The van der Waals surface area contributed by atoms with Gasteiger partial charge in [-0.15, -0.1) is 18.2 Å². The topological polar surface area (TPSA) is 100 Å². The number of carbonyl (C=O) groups excluding carboxylic acids is 3. The van der Waals surface area contributed by atoms with Gasteiger partial charge in [0.1, 0.15) is 17.7 Å². The number of nitrogens with zero attached hydrogens (tertiary/aromatic N) is 3. The van der Waals surface area contributed by atoms with Gasteiger partial charge in [-0.2, -0.15) is 9.48 Å². The maximum absolute atomic E-state index is 13.1. The average molecular weight is 453 g/mol. The Labute approximate surface area is 180 Å². The van der Waals surface area contributed by atoms with Gasteiger partial charge in [-0.05, 0) is 38.1 Å². The van der Waals surface area contributed by atoms with Crippen LogP contribution in [0.1, 0.15) is 13.8 Å². The fourth-order valence-corrected chi connectivity index (χ4v) is 3.26. The zero-order chi connectivity index (χ0) is 23.6. The van der Waals surface area contributed by atoms with Gasteiger partial charge in [-0.25, -0.2) is 4.79 Å². The smallest absolute Gasteiger partial charge is 0.496 e. The number of rotatable bonds is 6. The summed E-state index contributed by atoms with van der Waals surface area (Å²) >= 11 is 0. The van der Waals surface area contributed by atoms with Crippen LogP contribution < -0.4 is 10.1 Å². The third-order valence-corrected chi connectivity index (χ3v) is 4.65. The second kappa shape index (κ2) is 8.81. The van der Waals surface area contributed by atoms with Gasteiger partial charge in [0, 0.05) is 11.3 Å². The second-order valence-electron chi connectivity index (χ2n) is 6.92. The first-order valence-electron chi connectivity index (χ1n) is 9.51. The fraction of sp³-hybridized carbons (Fsp3) is 0.350. The number of urea groups is 1. The summed E-state index contributed by atoms with van der Waals surface area (Å²) in [5, 5.41) is 2.43. The van der Waals surface area contributed by atoms with Crippen molar-refractivity contribution in [3.63, 3.8) is 0 Å². The summed E-state index contributed by atoms with van der Waals surface area (Å²) in [7, 11) is 1.43. The Morgan fingerprint density at radius 1 is 1.25 bits per heavy atom. The Morgan fingerprint density at radius 2 is 1.91 bits per heavy atom. The zero-order valence-electron chi connectivity index (χ0n) is 17.4. The monoisotopic (exact) mass is 453 g/mol. The molecule has 3 rings (SSSR count). The molecule has 2 aliphatic heterocycles. The van der Waals surface area contributed by atoms with Crippen molar-refractivity contribution < 1.29 is 41.6 Å². The number of nitrogens with one attached hydrogen (secondary N) is 1. The van der Waals surface area contributed by atoms with E-state index in [2.05, 4.69) is 15.0 Å². The Morgan fingerprint density at radius 3 is 2.50 bits per heavy atom. The summed E-state index contributed by atoms with van der Waals surface area (Å²) in [6.07, 6.45) is -3.33. The van der Waals surface area contributed by atoms with Gasteiger partial charge in [0.05, 0.1) is 13.7 Å². The number of fused-ring (bicyclic) bond motifs is 1. The highest BCUT2D eigenvalue weighted by molar-refractivity contribution is 6.17. The van der Waals surface area contributed by atoms with Crippen molar-refractivity contribution >= 4 is 35.6 Å². The highest BCUT2D eigenvalue weighted by Gasteiger charge is 2.50. The number of allylic oxidation sites excluding steroid dienone is 1. The molecule has 1 aromatic carbocycles. The predicted molar refractivity (Wildman–Crippen MR) is 106 cm³/mol. The maximum atomic E-state index is 13.1. The van der Waals surface area contributed by atoms with Crippen LogP contribution in [0.2, 0.25) is 0 Å². The summed E-state index contributed by atoms with van der Waals surface area (Å²) in [6.45, 7) is 3.17. The van der Waals surface area contributed by atoms with Crippen LogP contribution in [0, 0.1) is 5.92 Å². The number of imide groups is 1. The molecule has 9 nitrogen and oxygen atoms in total. The number of hydrogen-bond acceptors (Lipinski definition) is 6. The van der Waals surface area contributed by atoms with E-state index in [1.165, 1.54) is 30.0 Å². The number of hydrogen-bond donors (Lipinski definition) is 1. The number of amides is 4. The molecule has 0 bridgehead atoms. The standard InChI is InChI=1S/C20H19F3N4O5/c1-4-31-16-11(2)9-24-17-15(16)18(29)27(19(30)26(17)3)10-14(28)25-12-5-7-13(8-6-12)32-20(21,22)23/h5-9,15H,4,10H2,1-3H3/p+1. The van der Waals surface area contributed by atoms with Crippen LogP contribution in [0.15, 0.2) is 40.6 Å². The van der Waals surface area contributed by atoms with E-state index in [0.29, 0.717) is 17.9 Å². The minimum atomic E-state index is -4.84. The zero-order valence-corrected chi connectivity index (χ0v) is 17.4. The van der Waals surface area contributed by atoms with Crippen LogP contribution in [0.4, 0.5) is 23.7 Å². The van der Waals surface area contributed by atoms with Crippen molar-refractivity contribution in [1.29, 1.82) is 0 Å². The molecule has 1 aromatic rings.